The topological polar surface area (TPSA) is 83.8 Å². The van der Waals surface area contributed by atoms with Gasteiger partial charge in [0.15, 0.2) is 6.29 Å². The zero-order valence-corrected chi connectivity index (χ0v) is 6.40. The van der Waals surface area contributed by atoms with E-state index in [2.05, 4.69) is 11.3 Å². The van der Waals surface area contributed by atoms with E-state index in [0.29, 0.717) is 0 Å². The summed E-state index contributed by atoms with van der Waals surface area (Å²) >= 11 is 0. The maximum atomic E-state index is 10.6. The van der Waals surface area contributed by atoms with Gasteiger partial charge in [-0.15, -0.1) is 0 Å². The second-order valence-electron chi connectivity index (χ2n) is 2.08. The highest BCUT2D eigenvalue weighted by Crippen LogP contribution is 1.91. The predicted octanol–water partition coefficient (Wildman–Crippen LogP) is -1.36. The van der Waals surface area contributed by atoms with Crippen LogP contribution in [0, 0.1) is 0 Å². The molecule has 68 valence electrons. The fourth-order valence-corrected chi connectivity index (χ4v) is 0.365. The van der Waals surface area contributed by atoms with Gasteiger partial charge in [-0.05, 0) is 0 Å². The highest BCUT2D eigenvalue weighted by molar-refractivity contribution is 6.06. The van der Waals surface area contributed by atoms with E-state index in [9.17, 15) is 9.59 Å². The smallest absolute Gasteiger partial charge is 0.340 e. The average molecular weight is 174 g/mol. The molecule has 0 heterocycles. The number of esters is 1. The lowest BCUT2D eigenvalue weighted by Crippen LogP contribution is -2.22. The molecular weight excluding hydrogens is 164 g/mol. The fourth-order valence-electron chi connectivity index (χ4n) is 0.365. The van der Waals surface area contributed by atoms with E-state index in [0.717, 1.165) is 0 Å². The third kappa shape index (κ3) is 3.85. The number of rotatable bonds is 5. The van der Waals surface area contributed by atoms with E-state index in [1.54, 1.807) is 0 Å². The van der Waals surface area contributed by atoms with Crippen molar-refractivity contribution in [2.75, 3.05) is 13.2 Å². The molecule has 0 fully saturated rings. The number of aliphatic hydroxyl groups is 2. The number of ether oxygens (including phenoxy) is 1. The Balaban J connectivity index is 3.71. The Kier molecular flexibility index (Phi) is 4.91. The van der Waals surface area contributed by atoms with Crippen LogP contribution in [0.2, 0.25) is 0 Å². The first kappa shape index (κ1) is 10.8. The van der Waals surface area contributed by atoms with Crippen molar-refractivity contribution in [1.82, 2.24) is 0 Å². The van der Waals surface area contributed by atoms with Crippen LogP contribution in [0.25, 0.3) is 0 Å². The Bertz CT molecular complexity index is 186. The number of hydrogen-bond donors (Lipinski definition) is 2. The number of aliphatic hydroxyl groups excluding tert-OH is 2. The molecule has 0 rings (SSSR count). The van der Waals surface area contributed by atoms with E-state index in [-0.39, 0.29) is 18.5 Å². The molecule has 0 saturated carbocycles. The van der Waals surface area contributed by atoms with Crippen LogP contribution < -0.4 is 0 Å². The summed E-state index contributed by atoms with van der Waals surface area (Å²) < 4.78 is 4.37. The molecule has 0 saturated heterocycles. The lowest BCUT2D eigenvalue weighted by atomic mass is 10.3. The molecule has 0 aliphatic heterocycles. The molecule has 0 amide bonds. The molecule has 0 aromatic heterocycles. The molecule has 0 aliphatic rings. The Hall–Kier alpha value is -1.20. The van der Waals surface area contributed by atoms with E-state index in [1.807, 2.05) is 0 Å². The van der Waals surface area contributed by atoms with Crippen molar-refractivity contribution in [2.45, 2.75) is 6.10 Å². The molecule has 0 aromatic carbocycles. The number of hydrogen-bond acceptors (Lipinski definition) is 5. The number of carbonyl (C=O) groups is 2. The maximum absolute atomic E-state index is 10.6. The summed E-state index contributed by atoms with van der Waals surface area (Å²) in [6.45, 7) is 2.25. The third-order valence-electron chi connectivity index (χ3n) is 1.02. The number of aldehydes is 1. The second kappa shape index (κ2) is 5.45. The largest absolute Gasteiger partial charge is 0.459 e. The first-order valence-electron chi connectivity index (χ1n) is 3.22. The molecule has 0 aromatic rings. The molecule has 5 nitrogen and oxygen atoms in total. The number of carbonyl (C=O) groups excluding carboxylic acids is 2. The third-order valence-corrected chi connectivity index (χ3v) is 1.02. The van der Waals surface area contributed by atoms with Gasteiger partial charge in [-0.1, -0.05) is 6.58 Å². The first-order chi connectivity index (χ1) is 5.61. The molecule has 0 radical (unpaired) electrons. The van der Waals surface area contributed by atoms with Crippen LogP contribution in [0.5, 0.6) is 0 Å². The molecule has 2 N–H and O–H groups in total. The van der Waals surface area contributed by atoms with Gasteiger partial charge in [-0.3, -0.25) is 4.79 Å². The van der Waals surface area contributed by atoms with Crippen molar-refractivity contribution in [1.29, 1.82) is 0 Å². The Labute approximate surface area is 69.3 Å². The van der Waals surface area contributed by atoms with Crippen LogP contribution in [0.4, 0.5) is 0 Å². The molecule has 0 aliphatic carbocycles. The molecule has 1 atom stereocenters. The van der Waals surface area contributed by atoms with Crippen molar-refractivity contribution in [3.63, 3.8) is 0 Å². The van der Waals surface area contributed by atoms with Gasteiger partial charge in [-0.2, -0.15) is 0 Å². The summed E-state index contributed by atoms with van der Waals surface area (Å²) in [5.74, 6) is -0.891. The minimum Gasteiger partial charge on any atom is -0.459 e. The van der Waals surface area contributed by atoms with Gasteiger partial charge < -0.3 is 14.9 Å². The van der Waals surface area contributed by atoms with Crippen LogP contribution in [0.1, 0.15) is 0 Å². The second-order valence-corrected chi connectivity index (χ2v) is 2.08. The summed E-state index contributed by atoms with van der Waals surface area (Å²) in [5, 5.41) is 17.0. The maximum Gasteiger partial charge on any atom is 0.340 e. The van der Waals surface area contributed by atoms with Gasteiger partial charge in [0.25, 0.3) is 0 Å². The van der Waals surface area contributed by atoms with Gasteiger partial charge in [0, 0.05) is 0 Å². The Morgan fingerprint density at radius 2 is 2.25 bits per heavy atom. The summed E-state index contributed by atoms with van der Waals surface area (Å²) in [4.78, 5) is 20.6. The van der Waals surface area contributed by atoms with Gasteiger partial charge in [-0.25, -0.2) is 4.79 Å². The monoisotopic (exact) mass is 174 g/mol. The van der Waals surface area contributed by atoms with Crippen LogP contribution in [0.15, 0.2) is 12.2 Å². The highest BCUT2D eigenvalue weighted by Gasteiger charge is 2.09. The average Bonchev–Trinajstić information content (AvgIpc) is 2.11. The van der Waals surface area contributed by atoms with Crippen LogP contribution >= 0.6 is 0 Å². The molecule has 12 heavy (non-hydrogen) atoms. The van der Waals surface area contributed by atoms with E-state index in [1.165, 1.54) is 0 Å². The summed E-state index contributed by atoms with van der Waals surface area (Å²) in [5.41, 5.74) is -0.319. The van der Waals surface area contributed by atoms with Crippen molar-refractivity contribution in [2.24, 2.45) is 0 Å². The molecule has 5 heteroatoms. The van der Waals surface area contributed by atoms with Crippen molar-refractivity contribution >= 4 is 12.3 Å². The van der Waals surface area contributed by atoms with E-state index in [4.69, 9.17) is 10.2 Å². The summed E-state index contributed by atoms with van der Waals surface area (Å²) in [6.07, 6.45) is -0.860. The SMILES string of the molecule is C=C(C=O)C(=O)OCC(O)CO. The molecular formula is C7H10O5. The lowest BCUT2D eigenvalue weighted by molar-refractivity contribution is -0.143. The van der Waals surface area contributed by atoms with Gasteiger partial charge in [0.05, 0.1) is 12.2 Å². The molecule has 0 bridgehead atoms. The van der Waals surface area contributed by atoms with Crippen LogP contribution in [-0.2, 0) is 14.3 Å². The standard InChI is InChI=1S/C7H10O5/c1-5(2-8)7(11)12-4-6(10)3-9/h2,6,9-10H,1,3-4H2. The quantitative estimate of drug-likeness (QED) is 0.177. The minimum absolute atomic E-state index is 0.258. The van der Waals surface area contributed by atoms with E-state index >= 15 is 0 Å². The highest BCUT2D eigenvalue weighted by atomic mass is 16.5. The first-order valence-corrected chi connectivity index (χ1v) is 3.22. The summed E-state index contributed by atoms with van der Waals surface area (Å²) in [7, 11) is 0. The van der Waals surface area contributed by atoms with Gasteiger partial charge >= 0.3 is 5.97 Å². The summed E-state index contributed by atoms with van der Waals surface area (Å²) in [6, 6.07) is 0. The fraction of sp³-hybridized carbons (Fsp3) is 0.429. The zero-order chi connectivity index (χ0) is 9.56. The Morgan fingerprint density at radius 1 is 1.67 bits per heavy atom. The van der Waals surface area contributed by atoms with Crippen molar-refractivity contribution in [3.05, 3.63) is 12.2 Å². The van der Waals surface area contributed by atoms with Gasteiger partial charge in [0.2, 0.25) is 0 Å². The van der Waals surface area contributed by atoms with Crippen molar-refractivity contribution in [3.8, 4) is 0 Å². The Morgan fingerprint density at radius 3 is 2.67 bits per heavy atom. The minimum atomic E-state index is -1.12. The van der Waals surface area contributed by atoms with Crippen molar-refractivity contribution < 1.29 is 24.5 Å². The van der Waals surface area contributed by atoms with E-state index < -0.39 is 18.7 Å². The normalized spacial score (nSPS) is 11.8. The van der Waals surface area contributed by atoms with Crippen LogP contribution in [-0.4, -0.2) is 41.8 Å². The zero-order valence-electron chi connectivity index (χ0n) is 6.40. The van der Waals surface area contributed by atoms with Gasteiger partial charge in [0.1, 0.15) is 12.7 Å². The molecule has 0 spiro atoms. The predicted molar refractivity (Wildman–Crippen MR) is 39.3 cm³/mol. The van der Waals surface area contributed by atoms with Crippen LogP contribution in [0.3, 0.4) is 0 Å². The lowest BCUT2D eigenvalue weighted by Gasteiger charge is -2.06. The molecule has 1 unspecified atom stereocenters.